The first-order valence-corrected chi connectivity index (χ1v) is 4.51. The van der Waals surface area contributed by atoms with E-state index in [0.29, 0.717) is 0 Å². The lowest BCUT2D eigenvalue weighted by atomic mass is 10.2. The molecule has 0 atom stereocenters. The summed E-state index contributed by atoms with van der Waals surface area (Å²) in [5, 5.41) is 0. The summed E-state index contributed by atoms with van der Waals surface area (Å²) in [5.41, 5.74) is 1.05. The van der Waals surface area contributed by atoms with E-state index in [1.165, 1.54) is 12.8 Å². The van der Waals surface area contributed by atoms with E-state index in [9.17, 15) is 0 Å². The van der Waals surface area contributed by atoms with Gasteiger partial charge in [-0.15, -0.1) is 0 Å². The normalized spacial score (nSPS) is 10.8. The van der Waals surface area contributed by atoms with E-state index in [1.807, 2.05) is 24.4 Å². The summed E-state index contributed by atoms with van der Waals surface area (Å²) in [6.45, 7) is 2.20. The average molecular weight is 161 g/mol. The molecule has 0 fully saturated rings. The first-order valence-electron chi connectivity index (χ1n) is 4.51. The topological polar surface area (TPSA) is 12.9 Å². The van der Waals surface area contributed by atoms with Gasteiger partial charge in [0.1, 0.15) is 0 Å². The molecule has 1 nitrogen and oxygen atoms in total. The van der Waals surface area contributed by atoms with Gasteiger partial charge >= 0.3 is 0 Å². The number of hydrogen-bond acceptors (Lipinski definition) is 1. The number of nitrogens with zero attached hydrogens (tertiary/aromatic N) is 1. The highest BCUT2D eigenvalue weighted by Gasteiger charge is 1.83. The maximum absolute atomic E-state index is 4.19. The maximum atomic E-state index is 4.19. The zero-order valence-electron chi connectivity index (χ0n) is 7.53. The Morgan fingerprint density at radius 3 is 3.00 bits per heavy atom. The van der Waals surface area contributed by atoms with E-state index in [2.05, 4.69) is 24.1 Å². The summed E-state index contributed by atoms with van der Waals surface area (Å²) in [6, 6.07) is 5.96. The summed E-state index contributed by atoms with van der Waals surface area (Å²) in [6.07, 6.45) is 9.77. The second-order valence-electron chi connectivity index (χ2n) is 2.80. The molecule has 64 valence electrons. The van der Waals surface area contributed by atoms with Crippen LogP contribution in [-0.4, -0.2) is 4.98 Å². The van der Waals surface area contributed by atoms with Crippen molar-refractivity contribution in [3.8, 4) is 0 Å². The maximum Gasteiger partial charge on any atom is 0.0626 e. The van der Waals surface area contributed by atoms with Crippen molar-refractivity contribution < 1.29 is 0 Å². The number of unbranched alkanes of at least 4 members (excludes halogenated alkanes) is 2. The summed E-state index contributed by atoms with van der Waals surface area (Å²) < 4.78 is 0. The van der Waals surface area contributed by atoms with Crippen molar-refractivity contribution in [1.82, 2.24) is 4.98 Å². The number of hydrogen-bond donors (Lipinski definition) is 0. The van der Waals surface area contributed by atoms with E-state index < -0.39 is 0 Å². The summed E-state index contributed by atoms with van der Waals surface area (Å²) >= 11 is 0. The smallest absolute Gasteiger partial charge is 0.0626 e. The molecule has 0 aromatic carbocycles. The van der Waals surface area contributed by atoms with Crippen LogP contribution in [0.1, 0.15) is 31.9 Å². The molecule has 1 aromatic rings. The predicted octanol–water partition coefficient (Wildman–Crippen LogP) is 3.29. The summed E-state index contributed by atoms with van der Waals surface area (Å²) in [5.74, 6) is 0. The first-order chi connectivity index (χ1) is 5.93. The van der Waals surface area contributed by atoms with Gasteiger partial charge in [-0.3, -0.25) is 4.98 Å². The largest absolute Gasteiger partial charge is 0.257 e. The van der Waals surface area contributed by atoms with Gasteiger partial charge in [-0.2, -0.15) is 0 Å². The second kappa shape index (κ2) is 5.53. The van der Waals surface area contributed by atoms with Crippen LogP contribution in [-0.2, 0) is 0 Å². The van der Waals surface area contributed by atoms with Crippen LogP contribution in [0.4, 0.5) is 0 Å². The zero-order chi connectivity index (χ0) is 8.65. The highest BCUT2D eigenvalue weighted by molar-refractivity contribution is 5.43. The molecule has 0 N–H and O–H groups in total. The van der Waals surface area contributed by atoms with Gasteiger partial charge in [0.15, 0.2) is 0 Å². The minimum Gasteiger partial charge on any atom is -0.257 e. The fraction of sp³-hybridized carbons (Fsp3) is 0.364. The first kappa shape index (κ1) is 8.98. The van der Waals surface area contributed by atoms with Gasteiger partial charge in [-0.05, 0) is 24.6 Å². The van der Waals surface area contributed by atoms with Crippen LogP contribution in [0.15, 0.2) is 30.5 Å². The van der Waals surface area contributed by atoms with Crippen LogP contribution in [0.3, 0.4) is 0 Å². The molecule has 0 amide bonds. The Labute approximate surface area is 74.2 Å². The van der Waals surface area contributed by atoms with Gasteiger partial charge in [-0.25, -0.2) is 0 Å². The highest BCUT2D eigenvalue weighted by atomic mass is 14.6. The van der Waals surface area contributed by atoms with Crippen molar-refractivity contribution >= 4 is 6.08 Å². The van der Waals surface area contributed by atoms with Crippen LogP contribution in [0.25, 0.3) is 6.08 Å². The lowest BCUT2D eigenvalue weighted by Crippen LogP contribution is -1.76. The Kier molecular flexibility index (Phi) is 4.14. The van der Waals surface area contributed by atoms with Gasteiger partial charge in [0.25, 0.3) is 0 Å². The lowest BCUT2D eigenvalue weighted by molar-refractivity contribution is 0.816. The fourth-order valence-electron chi connectivity index (χ4n) is 1.00. The van der Waals surface area contributed by atoms with Gasteiger partial charge in [0.2, 0.25) is 0 Å². The van der Waals surface area contributed by atoms with E-state index in [1.54, 1.807) is 0 Å². The molecule has 1 rings (SSSR count). The predicted molar refractivity (Wildman–Crippen MR) is 52.8 cm³/mol. The monoisotopic (exact) mass is 161 g/mol. The number of pyridine rings is 1. The van der Waals surface area contributed by atoms with E-state index in [4.69, 9.17) is 0 Å². The highest BCUT2D eigenvalue weighted by Crippen LogP contribution is 2.00. The third kappa shape index (κ3) is 3.33. The SMILES string of the molecule is CCCCC=Cc1ccccn1. The van der Waals surface area contributed by atoms with Crippen molar-refractivity contribution in [2.45, 2.75) is 26.2 Å². The Morgan fingerprint density at radius 1 is 1.42 bits per heavy atom. The fourth-order valence-corrected chi connectivity index (χ4v) is 1.00. The second-order valence-corrected chi connectivity index (χ2v) is 2.80. The molecule has 1 heteroatoms. The molecular formula is C11H15N. The van der Waals surface area contributed by atoms with Crippen molar-refractivity contribution in [3.05, 3.63) is 36.2 Å². The quantitative estimate of drug-likeness (QED) is 0.617. The van der Waals surface area contributed by atoms with Crippen molar-refractivity contribution in [3.63, 3.8) is 0 Å². The number of aromatic nitrogens is 1. The summed E-state index contributed by atoms with van der Waals surface area (Å²) in [4.78, 5) is 4.19. The standard InChI is InChI=1S/C11H15N/c1-2-3-4-5-8-11-9-6-7-10-12-11/h5-10H,2-4H2,1H3. The Bertz CT molecular complexity index is 226. The Hall–Kier alpha value is -1.11. The Balaban J connectivity index is 2.36. The molecule has 1 aromatic heterocycles. The minimum absolute atomic E-state index is 1.05. The van der Waals surface area contributed by atoms with Crippen LogP contribution in [0.2, 0.25) is 0 Å². The Morgan fingerprint density at radius 2 is 2.33 bits per heavy atom. The van der Waals surface area contributed by atoms with E-state index in [-0.39, 0.29) is 0 Å². The molecule has 0 bridgehead atoms. The zero-order valence-corrected chi connectivity index (χ0v) is 7.53. The lowest BCUT2D eigenvalue weighted by Gasteiger charge is -1.90. The van der Waals surface area contributed by atoms with Gasteiger partial charge in [-0.1, -0.05) is 31.9 Å². The van der Waals surface area contributed by atoms with Crippen LogP contribution < -0.4 is 0 Å². The molecule has 0 radical (unpaired) electrons. The van der Waals surface area contributed by atoms with Crippen LogP contribution >= 0.6 is 0 Å². The third-order valence-electron chi connectivity index (χ3n) is 1.70. The molecule has 1 heterocycles. The molecule has 0 aliphatic rings. The third-order valence-corrected chi connectivity index (χ3v) is 1.70. The molecule has 0 saturated heterocycles. The molecule has 0 spiro atoms. The number of allylic oxidation sites excluding steroid dienone is 1. The van der Waals surface area contributed by atoms with E-state index >= 15 is 0 Å². The molecule has 0 aliphatic carbocycles. The van der Waals surface area contributed by atoms with Gasteiger partial charge < -0.3 is 0 Å². The van der Waals surface area contributed by atoms with Gasteiger partial charge in [0.05, 0.1) is 5.69 Å². The van der Waals surface area contributed by atoms with Crippen LogP contribution in [0, 0.1) is 0 Å². The molecule has 0 unspecified atom stereocenters. The molecular weight excluding hydrogens is 146 g/mol. The molecule has 0 saturated carbocycles. The van der Waals surface area contributed by atoms with Crippen molar-refractivity contribution in [1.29, 1.82) is 0 Å². The molecule has 12 heavy (non-hydrogen) atoms. The van der Waals surface area contributed by atoms with Gasteiger partial charge in [0, 0.05) is 6.20 Å². The minimum atomic E-state index is 1.05. The summed E-state index contributed by atoms with van der Waals surface area (Å²) in [7, 11) is 0. The average Bonchev–Trinajstić information content (AvgIpc) is 2.14. The number of rotatable bonds is 4. The van der Waals surface area contributed by atoms with Crippen molar-refractivity contribution in [2.75, 3.05) is 0 Å². The van der Waals surface area contributed by atoms with E-state index in [0.717, 1.165) is 12.1 Å². The molecule has 0 aliphatic heterocycles. The van der Waals surface area contributed by atoms with Crippen LogP contribution in [0.5, 0.6) is 0 Å². The van der Waals surface area contributed by atoms with Crippen molar-refractivity contribution in [2.24, 2.45) is 0 Å².